The first-order valence-electron chi connectivity index (χ1n) is 7.15. The summed E-state index contributed by atoms with van der Waals surface area (Å²) in [6, 6.07) is 10.2. The average molecular weight is 358 g/mol. The van der Waals surface area contributed by atoms with E-state index < -0.39 is 0 Å². The lowest BCUT2D eigenvalue weighted by Crippen LogP contribution is -2.30. The van der Waals surface area contributed by atoms with Crippen molar-refractivity contribution in [2.75, 3.05) is 19.6 Å². The van der Waals surface area contributed by atoms with Gasteiger partial charge in [0.25, 0.3) is 5.91 Å². The topological polar surface area (TPSA) is 72.4 Å². The van der Waals surface area contributed by atoms with Gasteiger partial charge in [-0.05, 0) is 24.9 Å². The van der Waals surface area contributed by atoms with Crippen LogP contribution in [0.4, 0.5) is 0 Å². The van der Waals surface area contributed by atoms with E-state index in [0.29, 0.717) is 31.1 Å². The third-order valence-electron chi connectivity index (χ3n) is 4.20. The normalized spacial score (nSPS) is 19.8. The summed E-state index contributed by atoms with van der Waals surface area (Å²) in [5, 5.41) is 0. The van der Waals surface area contributed by atoms with Crippen molar-refractivity contribution in [3.05, 3.63) is 53.7 Å². The van der Waals surface area contributed by atoms with Crippen LogP contribution in [0.1, 0.15) is 27.7 Å². The molecular formula is C16H21Cl2N3O2. The van der Waals surface area contributed by atoms with Gasteiger partial charge in [-0.1, -0.05) is 30.3 Å². The maximum atomic E-state index is 12.5. The van der Waals surface area contributed by atoms with Crippen LogP contribution in [0.3, 0.4) is 0 Å². The zero-order valence-electron chi connectivity index (χ0n) is 12.8. The number of hydrogen-bond acceptors (Lipinski definition) is 4. The highest BCUT2D eigenvalue weighted by atomic mass is 35.5. The molecule has 2 aromatic rings. The van der Waals surface area contributed by atoms with Crippen molar-refractivity contribution in [2.45, 2.75) is 12.8 Å². The highest BCUT2D eigenvalue weighted by Crippen LogP contribution is 2.32. The molecule has 0 bridgehead atoms. The van der Waals surface area contributed by atoms with E-state index in [1.165, 1.54) is 12.0 Å². The van der Waals surface area contributed by atoms with E-state index in [1.807, 2.05) is 23.1 Å². The van der Waals surface area contributed by atoms with Crippen molar-refractivity contribution in [1.82, 2.24) is 9.88 Å². The molecule has 0 aliphatic carbocycles. The molecule has 23 heavy (non-hydrogen) atoms. The lowest BCUT2D eigenvalue weighted by molar-refractivity contribution is 0.0754. The molecule has 1 aromatic carbocycles. The molecule has 0 unspecified atom stereocenters. The average Bonchev–Trinajstić information content (AvgIpc) is 3.13. The molecule has 126 valence electrons. The maximum absolute atomic E-state index is 12.5. The first kappa shape index (κ1) is 19.5. The predicted octanol–water partition coefficient (Wildman–Crippen LogP) is 2.64. The first-order chi connectivity index (χ1) is 10.2. The lowest BCUT2D eigenvalue weighted by Gasteiger charge is -2.16. The maximum Gasteiger partial charge on any atom is 0.291 e. The van der Waals surface area contributed by atoms with E-state index in [1.54, 1.807) is 6.92 Å². The fourth-order valence-corrected chi connectivity index (χ4v) is 3.00. The van der Waals surface area contributed by atoms with Gasteiger partial charge in [0.1, 0.15) is 0 Å². The number of rotatable bonds is 3. The van der Waals surface area contributed by atoms with E-state index in [2.05, 4.69) is 17.1 Å². The number of halogens is 2. The molecule has 0 saturated carbocycles. The van der Waals surface area contributed by atoms with Gasteiger partial charge in [0.05, 0.1) is 5.69 Å². The molecule has 0 radical (unpaired) electrons. The van der Waals surface area contributed by atoms with Crippen LogP contribution in [0, 0.1) is 12.8 Å². The molecule has 1 aliphatic rings. The van der Waals surface area contributed by atoms with Gasteiger partial charge in [0, 0.05) is 19.0 Å². The second-order valence-electron chi connectivity index (χ2n) is 5.49. The lowest BCUT2D eigenvalue weighted by atomic mass is 9.89. The van der Waals surface area contributed by atoms with Gasteiger partial charge in [0.15, 0.2) is 6.39 Å². The van der Waals surface area contributed by atoms with Crippen molar-refractivity contribution >= 4 is 30.7 Å². The SMILES string of the molecule is Cc1ncoc1C(=O)N1C[C@@H](CN)[C@H](c2ccccc2)C1.Cl.Cl. The van der Waals surface area contributed by atoms with Crippen molar-refractivity contribution < 1.29 is 9.21 Å². The Labute approximate surface area is 148 Å². The zero-order valence-corrected chi connectivity index (χ0v) is 14.5. The Bertz CT molecular complexity index is 633. The van der Waals surface area contributed by atoms with Crippen molar-refractivity contribution in [3.63, 3.8) is 0 Å². The summed E-state index contributed by atoms with van der Waals surface area (Å²) in [5.74, 6) is 0.796. The fraction of sp³-hybridized carbons (Fsp3) is 0.375. The minimum absolute atomic E-state index is 0. The Kier molecular flexibility index (Phi) is 7.06. The summed E-state index contributed by atoms with van der Waals surface area (Å²) < 4.78 is 5.21. The third kappa shape index (κ3) is 3.86. The number of amides is 1. The standard InChI is InChI=1S/C16H19N3O2.2ClH/c1-11-15(21-10-18-11)16(20)19-8-13(7-17)14(9-19)12-5-3-2-4-6-12;;/h2-6,10,13-14H,7-9,17H2,1H3;2*1H/t13-,14+;;/m1../s1. The van der Waals surface area contributed by atoms with Crippen LogP contribution in [-0.2, 0) is 0 Å². The number of carbonyl (C=O) groups is 1. The number of benzene rings is 1. The molecule has 0 spiro atoms. The highest BCUT2D eigenvalue weighted by molar-refractivity contribution is 5.92. The number of oxazole rings is 1. The van der Waals surface area contributed by atoms with E-state index in [0.717, 1.165) is 0 Å². The second kappa shape index (κ2) is 8.34. The van der Waals surface area contributed by atoms with Gasteiger partial charge in [-0.3, -0.25) is 4.79 Å². The Morgan fingerprint density at radius 2 is 2.00 bits per heavy atom. The molecule has 7 heteroatoms. The number of nitrogens with two attached hydrogens (primary N) is 1. The number of hydrogen-bond donors (Lipinski definition) is 1. The monoisotopic (exact) mass is 357 g/mol. The largest absolute Gasteiger partial charge is 0.438 e. The molecule has 1 fully saturated rings. The van der Waals surface area contributed by atoms with Crippen LogP contribution in [-0.4, -0.2) is 35.4 Å². The Balaban J connectivity index is 0.00000132. The van der Waals surface area contributed by atoms with Crippen LogP contribution in [0.2, 0.25) is 0 Å². The summed E-state index contributed by atoms with van der Waals surface area (Å²) in [6.07, 6.45) is 1.31. The van der Waals surface area contributed by atoms with Gasteiger partial charge < -0.3 is 15.1 Å². The van der Waals surface area contributed by atoms with Crippen LogP contribution >= 0.6 is 24.8 Å². The van der Waals surface area contributed by atoms with Crippen LogP contribution in [0.5, 0.6) is 0 Å². The number of aromatic nitrogens is 1. The Hall–Kier alpha value is -1.56. The van der Waals surface area contributed by atoms with E-state index >= 15 is 0 Å². The van der Waals surface area contributed by atoms with Crippen LogP contribution in [0.15, 0.2) is 41.1 Å². The molecule has 3 rings (SSSR count). The summed E-state index contributed by atoms with van der Waals surface area (Å²) >= 11 is 0. The third-order valence-corrected chi connectivity index (χ3v) is 4.20. The Morgan fingerprint density at radius 3 is 2.57 bits per heavy atom. The molecular weight excluding hydrogens is 337 g/mol. The minimum Gasteiger partial charge on any atom is -0.438 e. The van der Waals surface area contributed by atoms with E-state index in [9.17, 15) is 4.79 Å². The van der Waals surface area contributed by atoms with Crippen molar-refractivity contribution in [1.29, 1.82) is 0 Å². The summed E-state index contributed by atoms with van der Waals surface area (Å²) in [5.41, 5.74) is 7.76. The zero-order chi connectivity index (χ0) is 14.8. The molecule has 2 atom stereocenters. The summed E-state index contributed by atoms with van der Waals surface area (Å²) in [4.78, 5) is 18.3. The number of aryl methyl sites for hydroxylation is 1. The van der Waals surface area contributed by atoms with Crippen molar-refractivity contribution in [3.8, 4) is 0 Å². The van der Waals surface area contributed by atoms with Gasteiger partial charge in [-0.25, -0.2) is 4.98 Å². The molecule has 1 amide bonds. The molecule has 5 nitrogen and oxygen atoms in total. The highest BCUT2D eigenvalue weighted by Gasteiger charge is 2.36. The van der Waals surface area contributed by atoms with Gasteiger partial charge in [-0.15, -0.1) is 24.8 Å². The van der Waals surface area contributed by atoms with Crippen molar-refractivity contribution in [2.24, 2.45) is 11.7 Å². The molecule has 1 aliphatic heterocycles. The van der Waals surface area contributed by atoms with E-state index in [-0.39, 0.29) is 42.6 Å². The number of likely N-dealkylation sites (tertiary alicyclic amines) is 1. The van der Waals surface area contributed by atoms with Crippen LogP contribution in [0.25, 0.3) is 0 Å². The molecule has 2 heterocycles. The number of nitrogens with zero attached hydrogens (tertiary/aromatic N) is 2. The molecule has 2 N–H and O–H groups in total. The quantitative estimate of drug-likeness (QED) is 0.916. The van der Waals surface area contributed by atoms with Gasteiger partial charge >= 0.3 is 0 Å². The molecule has 1 saturated heterocycles. The van der Waals surface area contributed by atoms with Gasteiger partial charge in [0.2, 0.25) is 5.76 Å². The van der Waals surface area contributed by atoms with E-state index in [4.69, 9.17) is 10.2 Å². The molecule has 1 aromatic heterocycles. The summed E-state index contributed by atoms with van der Waals surface area (Å²) in [6.45, 7) is 3.68. The predicted molar refractivity (Wildman–Crippen MR) is 93.4 cm³/mol. The summed E-state index contributed by atoms with van der Waals surface area (Å²) in [7, 11) is 0. The minimum atomic E-state index is -0.0955. The number of carbonyl (C=O) groups excluding carboxylic acids is 1. The Morgan fingerprint density at radius 1 is 1.30 bits per heavy atom. The second-order valence-corrected chi connectivity index (χ2v) is 5.49. The smallest absolute Gasteiger partial charge is 0.291 e. The van der Waals surface area contributed by atoms with Gasteiger partial charge in [-0.2, -0.15) is 0 Å². The van der Waals surface area contributed by atoms with Crippen LogP contribution < -0.4 is 5.73 Å². The fourth-order valence-electron chi connectivity index (χ4n) is 3.00. The first-order valence-corrected chi connectivity index (χ1v) is 7.15.